The molecule has 1 saturated heterocycles. The van der Waals surface area contributed by atoms with E-state index in [-0.39, 0.29) is 18.5 Å². The number of carbonyl (C=O) groups is 1. The van der Waals surface area contributed by atoms with Gasteiger partial charge in [0.05, 0.1) is 17.9 Å². The SMILES string of the molecule is Cl.O=C(OCc1ccccc1)N1CCC(Cn2cncc2CCl)CC1. The van der Waals surface area contributed by atoms with Crippen LogP contribution in [0.3, 0.4) is 0 Å². The van der Waals surface area contributed by atoms with Gasteiger partial charge in [-0.15, -0.1) is 24.0 Å². The molecule has 0 spiro atoms. The fraction of sp³-hybridized carbons (Fsp3) is 0.444. The number of rotatable bonds is 5. The molecule has 5 nitrogen and oxygen atoms in total. The van der Waals surface area contributed by atoms with E-state index in [0.29, 0.717) is 18.4 Å². The lowest BCUT2D eigenvalue weighted by atomic mass is 9.97. The van der Waals surface area contributed by atoms with E-state index in [1.54, 1.807) is 4.90 Å². The number of aromatic nitrogens is 2. The number of amides is 1. The van der Waals surface area contributed by atoms with Crippen LogP contribution in [0, 0.1) is 5.92 Å². The van der Waals surface area contributed by atoms with Gasteiger partial charge in [0.25, 0.3) is 0 Å². The average molecular weight is 384 g/mol. The molecule has 1 aliphatic heterocycles. The van der Waals surface area contributed by atoms with Gasteiger partial charge in [0.15, 0.2) is 0 Å². The van der Waals surface area contributed by atoms with Crippen molar-refractivity contribution in [3.8, 4) is 0 Å². The molecular weight excluding hydrogens is 361 g/mol. The highest BCUT2D eigenvalue weighted by Crippen LogP contribution is 2.21. The summed E-state index contributed by atoms with van der Waals surface area (Å²) >= 11 is 5.91. The van der Waals surface area contributed by atoms with Gasteiger partial charge >= 0.3 is 6.09 Å². The minimum atomic E-state index is -0.221. The first-order chi connectivity index (χ1) is 11.8. The van der Waals surface area contributed by atoms with E-state index >= 15 is 0 Å². The number of likely N-dealkylation sites (tertiary alicyclic amines) is 1. The van der Waals surface area contributed by atoms with Crippen LogP contribution in [0.15, 0.2) is 42.9 Å². The molecule has 7 heteroatoms. The molecule has 0 aliphatic carbocycles. The zero-order valence-corrected chi connectivity index (χ0v) is 15.6. The van der Waals surface area contributed by atoms with Gasteiger partial charge in [-0.1, -0.05) is 30.3 Å². The minimum Gasteiger partial charge on any atom is -0.445 e. The number of imidazole rings is 1. The first-order valence-corrected chi connectivity index (χ1v) is 8.80. The highest BCUT2D eigenvalue weighted by atomic mass is 35.5. The maximum atomic E-state index is 12.2. The number of halogens is 2. The van der Waals surface area contributed by atoms with Crippen molar-refractivity contribution in [3.63, 3.8) is 0 Å². The van der Waals surface area contributed by atoms with Crippen molar-refractivity contribution in [2.24, 2.45) is 5.92 Å². The van der Waals surface area contributed by atoms with E-state index in [0.717, 1.165) is 43.7 Å². The predicted octanol–water partition coefficient (Wildman–Crippen LogP) is 4.09. The van der Waals surface area contributed by atoms with Gasteiger partial charge in [-0.3, -0.25) is 0 Å². The van der Waals surface area contributed by atoms with Crippen LogP contribution in [0.25, 0.3) is 0 Å². The van der Waals surface area contributed by atoms with Crippen LogP contribution in [0.4, 0.5) is 4.79 Å². The molecule has 0 N–H and O–H groups in total. The Kier molecular flexibility index (Phi) is 7.59. The second kappa shape index (κ2) is 9.68. The number of nitrogens with zero attached hydrogens (tertiary/aromatic N) is 3. The normalized spacial score (nSPS) is 14.8. The molecule has 1 aliphatic rings. The van der Waals surface area contributed by atoms with Crippen molar-refractivity contribution in [2.45, 2.75) is 31.9 Å². The van der Waals surface area contributed by atoms with Gasteiger partial charge in [-0.2, -0.15) is 0 Å². The molecule has 1 aromatic carbocycles. The quantitative estimate of drug-likeness (QED) is 0.730. The monoisotopic (exact) mass is 383 g/mol. The second-order valence-electron chi connectivity index (χ2n) is 6.14. The maximum Gasteiger partial charge on any atom is 0.410 e. The van der Waals surface area contributed by atoms with Crippen molar-refractivity contribution < 1.29 is 9.53 Å². The van der Waals surface area contributed by atoms with Crippen LogP contribution >= 0.6 is 24.0 Å². The molecule has 1 amide bonds. The number of alkyl halides is 1. The van der Waals surface area contributed by atoms with Gasteiger partial charge in [0.1, 0.15) is 6.61 Å². The molecule has 1 fully saturated rings. The molecule has 2 heterocycles. The Morgan fingerprint density at radius 3 is 2.64 bits per heavy atom. The third-order valence-corrected chi connectivity index (χ3v) is 4.74. The lowest BCUT2D eigenvalue weighted by Crippen LogP contribution is -2.39. The molecule has 2 aromatic rings. The van der Waals surface area contributed by atoms with Crippen molar-refractivity contribution in [2.75, 3.05) is 13.1 Å². The zero-order chi connectivity index (χ0) is 16.8. The van der Waals surface area contributed by atoms with E-state index in [1.165, 1.54) is 0 Å². The van der Waals surface area contributed by atoms with Crippen LogP contribution in [0.5, 0.6) is 0 Å². The van der Waals surface area contributed by atoms with Gasteiger partial charge in [0, 0.05) is 25.8 Å². The second-order valence-corrected chi connectivity index (χ2v) is 6.41. The summed E-state index contributed by atoms with van der Waals surface area (Å²) in [5, 5.41) is 0. The van der Waals surface area contributed by atoms with Crippen LogP contribution in [-0.2, 0) is 23.8 Å². The maximum absolute atomic E-state index is 12.2. The van der Waals surface area contributed by atoms with E-state index < -0.39 is 0 Å². The number of ether oxygens (including phenoxy) is 1. The van der Waals surface area contributed by atoms with Gasteiger partial charge in [-0.25, -0.2) is 9.78 Å². The summed E-state index contributed by atoms with van der Waals surface area (Å²) in [5.41, 5.74) is 2.05. The third kappa shape index (κ3) is 5.38. The van der Waals surface area contributed by atoms with Crippen molar-refractivity contribution >= 4 is 30.1 Å². The van der Waals surface area contributed by atoms with Crippen LogP contribution in [-0.4, -0.2) is 33.6 Å². The van der Waals surface area contributed by atoms with E-state index in [1.807, 2.05) is 42.9 Å². The summed E-state index contributed by atoms with van der Waals surface area (Å²) in [5.74, 6) is 1.02. The number of carbonyl (C=O) groups excluding carboxylic acids is 1. The fourth-order valence-electron chi connectivity index (χ4n) is 3.01. The van der Waals surface area contributed by atoms with E-state index in [2.05, 4.69) is 9.55 Å². The first kappa shape index (κ1) is 19.6. The number of benzene rings is 1. The standard InChI is InChI=1S/C18H22ClN3O2.ClH/c19-10-17-11-20-14-22(17)12-15-6-8-21(9-7-15)18(23)24-13-16-4-2-1-3-5-16;/h1-5,11,14-15H,6-10,12-13H2;1H. The third-order valence-electron chi connectivity index (χ3n) is 4.47. The summed E-state index contributed by atoms with van der Waals surface area (Å²) in [6.45, 7) is 2.72. The highest BCUT2D eigenvalue weighted by molar-refractivity contribution is 6.16. The number of piperidine rings is 1. The van der Waals surface area contributed by atoms with Crippen molar-refractivity contribution in [1.82, 2.24) is 14.5 Å². The number of hydrogen-bond donors (Lipinski definition) is 0. The Bertz CT molecular complexity index is 655. The summed E-state index contributed by atoms with van der Waals surface area (Å²) in [4.78, 5) is 18.1. The molecule has 136 valence electrons. The summed E-state index contributed by atoms with van der Waals surface area (Å²) in [6, 6.07) is 9.75. The Labute approximate surface area is 159 Å². The number of hydrogen-bond acceptors (Lipinski definition) is 3. The van der Waals surface area contributed by atoms with Crippen molar-refractivity contribution in [3.05, 3.63) is 54.1 Å². The molecule has 0 radical (unpaired) electrons. The van der Waals surface area contributed by atoms with Crippen LogP contribution in [0.1, 0.15) is 24.1 Å². The minimum absolute atomic E-state index is 0. The Balaban J connectivity index is 0.00000225. The van der Waals surface area contributed by atoms with Gasteiger partial charge in [-0.05, 0) is 24.3 Å². The zero-order valence-electron chi connectivity index (χ0n) is 14.0. The molecule has 0 atom stereocenters. The summed E-state index contributed by atoms with van der Waals surface area (Å²) in [7, 11) is 0. The lowest BCUT2D eigenvalue weighted by molar-refractivity contribution is 0.0806. The largest absolute Gasteiger partial charge is 0.445 e. The van der Waals surface area contributed by atoms with Gasteiger partial charge in [0.2, 0.25) is 0 Å². The lowest BCUT2D eigenvalue weighted by Gasteiger charge is -2.31. The van der Waals surface area contributed by atoms with E-state index in [4.69, 9.17) is 16.3 Å². The molecule has 0 bridgehead atoms. The molecule has 1 aromatic heterocycles. The van der Waals surface area contributed by atoms with Gasteiger partial charge < -0.3 is 14.2 Å². The van der Waals surface area contributed by atoms with Crippen LogP contribution < -0.4 is 0 Å². The molecule has 0 saturated carbocycles. The Hall–Kier alpha value is -1.72. The molecular formula is C18H23Cl2N3O2. The topological polar surface area (TPSA) is 47.4 Å². The molecule has 3 rings (SSSR count). The fourth-order valence-corrected chi connectivity index (χ4v) is 3.23. The van der Waals surface area contributed by atoms with Crippen molar-refractivity contribution in [1.29, 1.82) is 0 Å². The first-order valence-electron chi connectivity index (χ1n) is 8.27. The smallest absolute Gasteiger partial charge is 0.410 e. The van der Waals surface area contributed by atoms with Crippen LogP contribution in [0.2, 0.25) is 0 Å². The Morgan fingerprint density at radius 2 is 1.96 bits per heavy atom. The summed E-state index contributed by atoms with van der Waals surface area (Å²) < 4.78 is 7.51. The summed E-state index contributed by atoms with van der Waals surface area (Å²) in [6.07, 6.45) is 5.36. The Morgan fingerprint density at radius 1 is 1.24 bits per heavy atom. The predicted molar refractivity (Wildman–Crippen MR) is 100.0 cm³/mol. The molecule has 0 unspecified atom stereocenters. The van der Waals surface area contributed by atoms with E-state index in [9.17, 15) is 4.79 Å². The average Bonchev–Trinajstić information content (AvgIpc) is 3.08. The molecule has 25 heavy (non-hydrogen) atoms. The highest BCUT2D eigenvalue weighted by Gasteiger charge is 2.24.